The third-order valence-corrected chi connectivity index (χ3v) is 4.20. The highest BCUT2D eigenvalue weighted by molar-refractivity contribution is 5.81. The van der Waals surface area contributed by atoms with Crippen molar-refractivity contribution in [3.05, 3.63) is 64.7 Å². The number of amides is 1. The highest BCUT2D eigenvalue weighted by atomic mass is 16.5. The van der Waals surface area contributed by atoms with Gasteiger partial charge in [-0.25, -0.2) is 0 Å². The van der Waals surface area contributed by atoms with Crippen molar-refractivity contribution in [1.82, 2.24) is 5.32 Å². The number of carbonyl (C=O) groups excluding carboxylic acids is 1. The van der Waals surface area contributed by atoms with Crippen LogP contribution in [0.4, 0.5) is 0 Å². The van der Waals surface area contributed by atoms with E-state index in [0.717, 1.165) is 17.7 Å². The van der Waals surface area contributed by atoms with Crippen LogP contribution in [0.1, 0.15) is 48.6 Å². The maximum absolute atomic E-state index is 12.5. The van der Waals surface area contributed by atoms with Crippen molar-refractivity contribution in [2.75, 3.05) is 0 Å². The summed E-state index contributed by atoms with van der Waals surface area (Å²) in [5.74, 6) is 0.626. The molecule has 0 radical (unpaired) electrons. The van der Waals surface area contributed by atoms with Gasteiger partial charge in [0.2, 0.25) is 0 Å². The van der Waals surface area contributed by atoms with Crippen molar-refractivity contribution in [2.24, 2.45) is 0 Å². The molecule has 3 heteroatoms. The van der Waals surface area contributed by atoms with Crippen LogP contribution in [-0.4, -0.2) is 12.0 Å². The lowest BCUT2D eigenvalue weighted by Crippen LogP contribution is -2.38. The Labute approximate surface area is 145 Å². The molecule has 1 N–H and O–H groups in total. The number of hydrogen-bond donors (Lipinski definition) is 1. The fraction of sp³-hybridized carbons (Fsp3) is 0.381. The molecule has 0 unspecified atom stereocenters. The third kappa shape index (κ3) is 4.60. The summed E-state index contributed by atoms with van der Waals surface area (Å²) in [7, 11) is 0. The summed E-state index contributed by atoms with van der Waals surface area (Å²) in [4.78, 5) is 12.5. The number of rotatable bonds is 6. The zero-order chi connectivity index (χ0) is 17.7. The van der Waals surface area contributed by atoms with E-state index in [1.54, 1.807) is 6.92 Å². The predicted molar refractivity (Wildman–Crippen MR) is 98.4 cm³/mol. The van der Waals surface area contributed by atoms with E-state index in [9.17, 15) is 4.79 Å². The zero-order valence-corrected chi connectivity index (χ0v) is 15.2. The highest BCUT2D eigenvalue weighted by Crippen LogP contribution is 2.22. The van der Waals surface area contributed by atoms with Gasteiger partial charge in [-0.1, -0.05) is 42.8 Å². The second-order valence-corrected chi connectivity index (χ2v) is 6.41. The van der Waals surface area contributed by atoms with Crippen LogP contribution in [0.2, 0.25) is 0 Å². The average molecular weight is 325 g/mol. The molecule has 1 amide bonds. The van der Waals surface area contributed by atoms with Gasteiger partial charge >= 0.3 is 0 Å². The van der Waals surface area contributed by atoms with Gasteiger partial charge < -0.3 is 10.1 Å². The van der Waals surface area contributed by atoms with Gasteiger partial charge in [0.05, 0.1) is 6.04 Å². The Bertz CT molecular complexity index is 709. The molecule has 24 heavy (non-hydrogen) atoms. The summed E-state index contributed by atoms with van der Waals surface area (Å²) in [6.07, 6.45) is 0.305. The first-order chi connectivity index (χ1) is 11.4. The second-order valence-electron chi connectivity index (χ2n) is 6.41. The first-order valence-corrected chi connectivity index (χ1v) is 8.51. The summed E-state index contributed by atoms with van der Waals surface area (Å²) >= 11 is 0. The van der Waals surface area contributed by atoms with E-state index in [4.69, 9.17) is 4.74 Å². The van der Waals surface area contributed by atoms with Crippen molar-refractivity contribution in [2.45, 2.75) is 53.2 Å². The van der Waals surface area contributed by atoms with Crippen molar-refractivity contribution >= 4 is 5.91 Å². The molecular formula is C21H27NO2. The predicted octanol–water partition coefficient (Wildman–Crippen LogP) is 4.65. The molecule has 0 aliphatic heterocycles. The van der Waals surface area contributed by atoms with Crippen molar-refractivity contribution < 1.29 is 9.53 Å². The van der Waals surface area contributed by atoms with Crippen molar-refractivity contribution in [3.63, 3.8) is 0 Å². The van der Waals surface area contributed by atoms with Gasteiger partial charge in [-0.3, -0.25) is 4.79 Å². The largest absolute Gasteiger partial charge is 0.481 e. The third-order valence-electron chi connectivity index (χ3n) is 4.20. The molecule has 2 aromatic rings. The highest BCUT2D eigenvalue weighted by Gasteiger charge is 2.20. The molecule has 0 spiro atoms. The summed E-state index contributed by atoms with van der Waals surface area (Å²) in [6, 6.07) is 14.1. The fourth-order valence-electron chi connectivity index (χ4n) is 2.85. The van der Waals surface area contributed by atoms with Gasteiger partial charge in [0.15, 0.2) is 6.10 Å². The fourth-order valence-corrected chi connectivity index (χ4v) is 2.85. The summed E-state index contributed by atoms with van der Waals surface area (Å²) < 4.78 is 5.78. The minimum atomic E-state index is -0.536. The molecule has 128 valence electrons. The molecular weight excluding hydrogens is 298 g/mol. The molecule has 0 fully saturated rings. The monoisotopic (exact) mass is 325 g/mol. The van der Waals surface area contributed by atoms with E-state index in [-0.39, 0.29) is 11.9 Å². The first-order valence-electron chi connectivity index (χ1n) is 8.51. The number of aryl methyl sites for hydroxylation is 3. The van der Waals surface area contributed by atoms with E-state index >= 15 is 0 Å². The minimum absolute atomic E-state index is 0.00154. The lowest BCUT2D eigenvalue weighted by Gasteiger charge is -2.22. The van der Waals surface area contributed by atoms with E-state index in [1.807, 2.05) is 31.2 Å². The van der Waals surface area contributed by atoms with Gasteiger partial charge in [0.25, 0.3) is 5.91 Å². The lowest BCUT2D eigenvalue weighted by molar-refractivity contribution is -0.128. The number of ether oxygens (including phenoxy) is 1. The van der Waals surface area contributed by atoms with Crippen LogP contribution >= 0.6 is 0 Å². The van der Waals surface area contributed by atoms with Crippen LogP contribution in [-0.2, 0) is 4.79 Å². The summed E-state index contributed by atoms with van der Waals surface area (Å²) in [5, 5.41) is 3.11. The van der Waals surface area contributed by atoms with Crippen molar-refractivity contribution in [3.8, 4) is 5.75 Å². The molecule has 0 heterocycles. The summed E-state index contributed by atoms with van der Waals surface area (Å²) in [5.41, 5.74) is 4.71. The zero-order valence-electron chi connectivity index (χ0n) is 15.2. The van der Waals surface area contributed by atoms with E-state index in [1.165, 1.54) is 16.7 Å². The van der Waals surface area contributed by atoms with Crippen LogP contribution in [0.25, 0.3) is 0 Å². The Hall–Kier alpha value is -2.29. The number of nitrogens with one attached hydrogen (secondary N) is 1. The van der Waals surface area contributed by atoms with E-state index in [0.29, 0.717) is 0 Å². The average Bonchev–Trinajstić information content (AvgIpc) is 2.53. The van der Waals surface area contributed by atoms with Gasteiger partial charge in [0, 0.05) is 0 Å². The summed E-state index contributed by atoms with van der Waals surface area (Å²) in [6.45, 7) is 10.0. The molecule has 2 aromatic carbocycles. The molecule has 2 atom stereocenters. The first kappa shape index (κ1) is 18.1. The van der Waals surface area contributed by atoms with Crippen LogP contribution < -0.4 is 10.1 Å². The van der Waals surface area contributed by atoms with Gasteiger partial charge in [-0.15, -0.1) is 0 Å². The number of benzene rings is 2. The molecule has 0 saturated carbocycles. The minimum Gasteiger partial charge on any atom is -0.481 e. The molecule has 0 saturated heterocycles. The van der Waals surface area contributed by atoms with Gasteiger partial charge in [-0.2, -0.15) is 0 Å². The molecule has 0 aromatic heterocycles. The number of hydrogen-bond acceptors (Lipinski definition) is 2. The standard InChI is InChI=1S/C21H27NO2/c1-6-20(19-11-10-15(3)12-16(19)4)22-21(23)17(5)24-18-9-7-8-14(2)13-18/h7-13,17,20H,6H2,1-5H3,(H,22,23)/t17-,20-/m0/s1. The van der Waals surface area contributed by atoms with Crippen LogP contribution in [0.15, 0.2) is 42.5 Å². The molecule has 2 rings (SSSR count). The molecule has 0 bridgehead atoms. The Morgan fingerprint density at radius 2 is 1.79 bits per heavy atom. The normalized spacial score (nSPS) is 13.2. The Morgan fingerprint density at radius 3 is 2.42 bits per heavy atom. The van der Waals surface area contributed by atoms with Crippen LogP contribution in [0.3, 0.4) is 0 Å². The number of carbonyl (C=O) groups is 1. The Balaban J connectivity index is 2.05. The molecule has 0 aliphatic rings. The van der Waals surface area contributed by atoms with Crippen LogP contribution in [0.5, 0.6) is 5.75 Å². The lowest BCUT2D eigenvalue weighted by atomic mass is 9.97. The SMILES string of the molecule is CC[C@H](NC(=O)[C@H](C)Oc1cccc(C)c1)c1ccc(C)cc1C. The van der Waals surface area contributed by atoms with E-state index < -0.39 is 6.10 Å². The maximum atomic E-state index is 12.5. The van der Waals surface area contributed by atoms with Gasteiger partial charge in [0.1, 0.15) is 5.75 Å². The Morgan fingerprint density at radius 1 is 1.08 bits per heavy atom. The Kier molecular flexibility index (Phi) is 6.02. The second kappa shape index (κ2) is 8.00. The topological polar surface area (TPSA) is 38.3 Å². The van der Waals surface area contributed by atoms with Gasteiger partial charge in [-0.05, 0) is 62.9 Å². The smallest absolute Gasteiger partial charge is 0.261 e. The quantitative estimate of drug-likeness (QED) is 0.840. The van der Waals surface area contributed by atoms with Crippen LogP contribution in [0, 0.1) is 20.8 Å². The maximum Gasteiger partial charge on any atom is 0.261 e. The van der Waals surface area contributed by atoms with E-state index in [2.05, 4.69) is 44.3 Å². The molecule has 3 nitrogen and oxygen atoms in total. The molecule has 0 aliphatic carbocycles. The van der Waals surface area contributed by atoms with Crippen molar-refractivity contribution in [1.29, 1.82) is 0 Å².